The lowest BCUT2D eigenvalue weighted by molar-refractivity contribution is -0.138. The number of hydrogen-bond acceptors (Lipinski definition) is 7. The molecule has 3 rings (SSSR count). The molecule has 6 N–H and O–H groups in total. The molecular weight excluding hydrogens is 430 g/mol. The largest absolute Gasteiger partial charge is 0.508 e. The number of nitrogens with zero attached hydrogens (tertiary/aromatic N) is 2. The van der Waals surface area contributed by atoms with Gasteiger partial charge in [-0.05, 0) is 35.7 Å². The fraction of sp³-hybridized carbons (Fsp3) is 0.227. The van der Waals surface area contributed by atoms with Gasteiger partial charge in [0, 0.05) is 0 Å². The lowest BCUT2D eigenvalue weighted by Gasteiger charge is -2.23. The van der Waals surface area contributed by atoms with Gasteiger partial charge in [0.05, 0.1) is 18.7 Å². The highest BCUT2D eigenvalue weighted by Crippen LogP contribution is 2.29. The van der Waals surface area contributed by atoms with Crippen LogP contribution >= 0.6 is 0 Å². The first-order valence-corrected chi connectivity index (χ1v) is 9.92. The van der Waals surface area contributed by atoms with E-state index in [1.54, 1.807) is 24.3 Å². The van der Waals surface area contributed by atoms with Crippen LogP contribution in [-0.4, -0.2) is 51.7 Å². The van der Waals surface area contributed by atoms with E-state index in [1.165, 1.54) is 37.4 Å². The number of nitrogens with one attached hydrogen (secondary N) is 2. The highest BCUT2D eigenvalue weighted by Gasteiger charge is 2.49. The molecule has 0 aliphatic carbocycles. The minimum atomic E-state index is -1.38. The molecule has 2 aromatic rings. The number of hydrogen-bond donors (Lipinski definition) is 5. The van der Waals surface area contributed by atoms with Gasteiger partial charge in [0.1, 0.15) is 17.8 Å². The van der Waals surface area contributed by atoms with E-state index in [0.717, 1.165) is 4.90 Å². The van der Waals surface area contributed by atoms with Gasteiger partial charge < -0.3 is 26.7 Å². The van der Waals surface area contributed by atoms with Gasteiger partial charge in [-0.25, -0.2) is 4.79 Å². The van der Waals surface area contributed by atoms with E-state index in [2.05, 4.69) is 15.7 Å². The summed E-state index contributed by atoms with van der Waals surface area (Å²) in [5, 5.41) is 27.2. The number of phenolic OH excluding ortho intramolecular Hbond substituents is 1. The zero-order valence-corrected chi connectivity index (χ0v) is 17.7. The molecule has 0 aromatic heterocycles. The first kappa shape index (κ1) is 23.3. The highest BCUT2D eigenvalue weighted by molar-refractivity contribution is 6.09. The smallest absolute Gasteiger partial charge is 0.325 e. The number of benzene rings is 2. The van der Waals surface area contributed by atoms with E-state index < -0.39 is 48.4 Å². The van der Waals surface area contributed by atoms with E-state index in [9.17, 15) is 29.4 Å². The van der Waals surface area contributed by atoms with Gasteiger partial charge in [-0.1, -0.05) is 36.4 Å². The van der Waals surface area contributed by atoms with Crippen molar-refractivity contribution in [2.24, 2.45) is 10.9 Å². The second-order valence-corrected chi connectivity index (χ2v) is 7.66. The second kappa shape index (κ2) is 9.39. The molecule has 33 heavy (non-hydrogen) atoms. The third kappa shape index (κ3) is 5.09. The summed E-state index contributed by atoms with van der Waals surface area (Å²) in [7, 11) is 0. The van der Waals surface area contributed by atoms with Crippen molar-refractivity contribution >= 4 is 30.0 Å². The Morgan fingerprint density at radius 2 is 1.82 bits per heavy atom. The summed E-state index contributed by atoms with van der Waals surface area (Å²) in [4.78, 5) is 50.2. The SMILES string of the molecule is CC1(c2ccc(C=NN)cc2)NC(=O)N(CC(=O)NC(CC(=O)O)c2ccc(O)cc2)C1=O. The number of phenols is 1. The Hall–Kier alpha value is -4.41. The van der Waals surface area contributed by atoms with E-state index in [0.29, 0.717) is 16.7 Å². The predicted molar refractivity (Wildman–Crippen MR) is 117 cm³/mol. The van der Waals surface area contributed by atoms with Crippen LogP contribution in [0, 0.1) is 0 Å². The van der Waals surface area contributed by atoms with Gasteiger partial charge in [-0.3, -0.25) is 19.3 Å². The first-order chi connectivity index (χ1) is 15.6. The number of urea groups is 1. The number of carboxylic acids is 1. The Morgan fingerprint density at radius 3 is 2.39 bits per heavy atom. The molecule has 1 aliphatic rings. The summed E-state index contributed by atoms with van der Waals surface area (Å²) in [5.41, 5.74) is 0.279. The number of carboxylic acid groups (broad SMARTS) is 1. The summed E-state index contributed by atoms with van der Waals surface area (Å²) >= 11 is 0. The maximum Gasteiger partial charge on any atom is 0.325 e. The van der Waals surface area contributed by atoms with Crippen molar-refractivity contribution in [3.05, 3.63) is 65.2 Å². The molecule has 0 radical (unpaired) electrons. The van der Waals surface area contributed by atoms with Crippen molar-refractivity contribution in [3.8, 4) is 5.75 Å². The molecule has 1 fully saturated rings. The van der Waals surface area contributed by atoms with Crippen LogP contribution in [0.3, 0.4) is 0 Å². The van der Waals surface area contributed by atoms with Gasteiger partial charge in [-0.15, -0.1) is 0 Å². The molecule has 1 saturated heterocycles. The van der Waals surface area contributed by atoms with Crippen LogP contribution in [0.1, 0.15) is 36.1 Å². The second-order valence-electron chi connectivity index (χ2n) is 7.66. The average molecular weight is 453 g/mol. The topological polar surface area (TPSA) is 174 Å². The summed E-state index contributed by atoms with van der Waals surface area (Å²) in [5.74, 6) is 2.63. The van der Waals surface area contributed by atoms with Crippen molar-refractivity contribution < 1.29 is 29.4 Å². The van der Waals surface area contributed by atoms with Crippen LogP contribution in [0.15, 0.2) is 53.6 Å². The molecule has 2 aromatic carbocycles. The van der Waals surface area contributed by atoms with Crippen LogP contribution in [0.5, 0.6) is 5.75 Å². The zero-order chi connectivity index (χ0) is 24.2. The fourth-order valence-corrected chi connectivity index (χ4v) is 3.54. The number of aromatic hydroxyl groups is 1. The van der Waals surface area contributed by atoms with Gasteiger partial charge in [0.15, 0.2) is 0 Å². The van der Waals surface area contributed by atoms with Gasteiger partial charge in [0.2, 0.25) is 5.91 Å². The van der Waals surface area contributed by atoms with Gasteiger partial charge in [0.25, 0.3) is 5.91 Å². The van der Waals surface area contributed by atoms with Gasteiger partial charge in [-0.2, -0.15) is 5.10 Å². The van der Waals surface area contributed by atoms with E-state index in [4.69, 9.17) is 5.84 Å². The molecule has 1 heterocycles. The van der Waals surface area contributed by atoms with E-state index in [1.807, 2.05) is 0 Å². The molecule has 11 nitrogen and oxygen atoms in total. The summed E-state index contributed by atoms with van der Waals surface area (Å²) in [6.45, 7) is 0.938. The standard InChI is InChI=1S/C22H23N5O6/c1-22(15-6-2-13(3-7-15)11-24-23)20(32)27(21(33)26-22)12-18(29)25-17(10-19(30)31)14-4-8-16(28)9-5-14/h2-9,11,17,28H,10,12,23H2,1H3,(H,25,29)(H,26,33)(H,30,31). The quantitative estimate of drug-likeness (QED) is 0.170. The molecule has 2 atom stereocenters. The van der Waals surface area contributed by atoms with Crippen molar-refractivity contribution in [1.29, 1.82) is 0 Å². The van der Waals surface area contributed by atoms with Gasteiger partial charge >= 0.3 is 12.0 Å². The van der Waals surface area contributed by atoms with Crippen LogP contribution in [0.25, 0.3) is 0 Å². The molecule has 172 valence electrons. The minimum absolute atomic E-state index is 0.0129. The fourth-order valence-electron chi connectivity index (χ4n) is 3.54. The zero-order valence-electron chi connectivity index (χ0n) is 17.7. The van der Waals surface area contributed by atoms with Crippen molar-refractivity contribution in [2.75, 3.05) is 6.54 Å². The van der Waals surface area contributed by atoms with Crippen LogP contribution in [0.4, 0.5) is 4.79 Å². The first-order valence-electron chi connectivity index (χ1n) is 9.92. The summed E-state index contributed by atoms with van der Waals surface area (Å²) < 4.78 is 0. The molecule has 0 saturated carbocycles. The van der Waals surface area contributed by atoms with Crippen molar-refractivity contribution in [3.63, 3.8) is 0 Å². The Balaban J connectivity index is 1.74. The number of hydrazone groups is 1. The Kier molecular flexibility index (Phi) is 6.61. The maximum absolute atomic E-state index is 13.0. The van der Waals surface area contributed by atoms with Crippen LogP contribution < -0.4 is 16.5 Å². The molecular formula is C22H23N5O6. The lowest BCUT2D eigenvalue weighted by Crippen LogP contribution is -2.44. The number of aliphatic carboxylic acids is 1. The Morgan fingerprint density at radius 1 is 1.18 bits per heavy atom. The molecule has 2 unspecified atom stereocenters. The highest BCUT2D eigenvalue weighted by atomic mass is 16.4. The number of carbonyl (C=O) groups excluding carboxylic acids is 3. The summed E-state index contributed by atoms with van der Waals surface area (Å²) in [6.07, 6.45) is 1.01. The normalized spacial score (nSPS) is 18.9. The van der Waals surface area contributed by atoms with E-state index in [-0.39, 0.29) is 5.75 Å². The van der Waals surface area contributed by atoms with Crippen molar-refractivity contribution in [2.45, 2.75) is 24.9 Å². The minimum Gasteiger partial charge on any atom is -0.508 e. The number of nitrogens with two attached hydrogens (primary N) is 1. The third-order valence-electron chi connectivity index (χ3n) is 5.30. The number of amides is 4. The molecule has 0 spiro atoms. The number of carbonyl (C=O) groups is 4. The molecule has 4 amide bonds. The molecule has 1 aliphatic heterocycles. The van der Waals surface area contributed by atoms with Crippen LogP contribution in [0.2, 0.25) is 0 Å². The Bertz CT molecular complexity index is 1100. The third-order valence-corrected chi connectivity index (χ3v) is 5.30. The molecule has 0 bridgehead atoms. The predicted octanol–water partition coefficient (Wildman–Crippen LogP) is 0.784. The van der Waals surface area contributed by atoms with Crippen LogP contribution in [-0.2, 0) is 19.9 Å². The van der Waals surface area contributed by atoms with E-state index >= 15 is 0 Å². The monoisotopic (exact) mass is 453 g/mol. The number of rotatable bonds is 8. The van der Waals surface area contributed by atoms with Crippen molar-refractivity contribution in [1.82, 2.24) is 15.5 Å². The maximum atomic E-state index is 13.0. The Labute approximate surface area is 188 Å². The average Bonchev–Trinajstić information content (AvgIpc) is 2.98. The lowest BCUT2D eigenvalue weighted by atomic mass is 9.91. The number of imide groups is 1. The summed E-state index contributed by atoms with van der Waals surface area (Å²) in [6, 6.07) is 10.7. The molecule has 11 heteroatoms.